The minimum Gasteiger partial charge on any atom is -0.461 e. The molecule has 0 aliphatic rings. The summed E-state index contributed by atoms with van der Waals surface area (Å²) in [4.78, 5) is 21.9. The molecule has 18 heavy (non-hydrogen) atoms. The highest BCUT2D eigenvalue weighted by atomic mass is 16.5. The van der Waals surface area contributed by atoms with E-state index < -0.39 is 5.97 Å². The van der Waals surface area contributed by atoms with Crippen LogP contribution in [0.1, 0.15) is 31.9 Å². The van der Waals surface area contributed by atoms with Crippen LogP contribution in [0.25, 0.3) is 6.08 Å². The van der Waals surface area contributed by atoms with Gasteiger partial charge in [-0.05, 0) is 18.6 Å². The van der Waals surface area contributed by atoms with Crippen molar-refractivity contribution in [1.82, 2.24) is 0 Å². The van der Waals surface area contributed by atoms with Crippen LogP contribution < -0.4 is 4.74 Å². The first-order chi connectivity index (χ1) is 8.54. The Kier molecular flexibility index (Phi) is 5.11. The molecule has 0 N–H and O–H groups in total. The van der Waals surface area contributed by atoms with Crippen LogP contribution in [0.5, 0.6) is 5.75 Å². The number of ether oxygens (including phenoxy) is 2. The molecule has 1 aromatic carbocycles. The lowest BCUT2D eigenvalue weighted by molar-refractivity contribution is -0.142. The zero-order chi connectivity index (χ0) is 13.5. The van der Waals surface area contributed by atoms with Gasteiger partial charge in [0, 0.05) is 19.4 Å². The molecular formula is C14H16O4. The number of benzene rings is 1. The fraction of sp³-hybridized carbons (Fsp3) is 0.286. The van der Waals surface area contributed by atoms with E-state index in [1.807, 2.05) is 25.1 Å². The highest BCUT2D eigenvalue weighted by Gasteiger charge is 2.11. The van der Waals surface area contributed by atoms with E-state index in [1.54, 1.807) is 12.1 Å². The first kappa shape index (κ1) is 14.0. The fourth-order valence-corrected chi connectivity index (χ4v) is 1.50. The van der Waals surface area contributed by atoms with Crippen molar-refractivity contribution in [3.63, 3.8) is 0 Å². The Morgan fingerprint density at radius 3 is 2.50 bits per heavy atom. The zero-order valence-corrected chi connectivity index (χ0v) is 10.7. The van der Waals surface area contributed by atoms with Gasteiger partial charge in [0.1, 0.15) is 12.4 Å². The van der Waals surface area contributed by atoms with Gasteiger partial charge in [0.05, 0.1) is 0 Å². The summed E-state index contributed by atoms with van der Waals surface area (Å²) in [5.41, 5.74) is 1.54. The molecule has 0 aromatic heterocycles. The maximum atomic E-state index is 11.0. The molecule has 0 saturated heterocycles. The summed E-state index contributed by atoms with van der Waals surface area (Å²) in [6.07, 6.45) is 3.73. The van der Waals surface area contributed by atoms with Gasteiger partial charge in [0.25, 0.3) is 0 Å². The lowest BCUT2D eigenvalue weighted by Gasteiger charge is -2.12. The highest BCUT2D eigenvalue weighted by Crippen LogP contribution is 2.25. The summed E-state index contributed by atoms with van der Waals surface area (Å²) in [6, 6.07) is 5.32. The van der Waals surface area contributed by atoms with Crippen molar-refractivity contribution >= 4 is 18.0 Å². The minimum absolute atomic E-state index is 0.0818. The van der Waals surface area contributed by atoms with E-state index in [2.05, 4.69) is 0 Å². The lowest BCUT2D eigenvalue weighted by Crippen LogP contribution is -2.07. The van der Waals surface area contributed by atoms with E-state index >= 15 is 0 Å². The van der Waals surface area contributed by atoms with E-state index in [0.717, 1.165) is 5.56 Å². The molecule has 0 saturated carbocycles. The fourth-order valence-electron chi connectivity index (χ4n) is 1.50. The average Bonchev–Trinajstić information content (AvgIpc) is 2.27. The maximum Gasteiger partial charge on any atom is 0.308 e. The van der Waals surface area contributed by atoms with Crippen molar-refractivity contribution in [1.29, 1.82) is 0 Å². The molecule has 0 fully saturated rings. The first-order valence-corrected chi connectivity index (χ1v) is 5.61. The number of rotatable bonds is 4. The van der Waals surface area contributed by atoms with Gasteiger partial charge in [-0.25, -0.2) is 0 Å². The van der Waals surface area contributed by atoms with Crippen LogP contribution >= 0.6 is 0 Å². The van der Waals surface area contributed by atoms with Crippen LogP contribution in [0, 0.1) is 0 Å². The molecule has 0 bridgehead atoms. The minimum atomic E-state index is -0.406. The molecule has 0 unspecified atom stereocenters. The number of allylic oxidation sites excluding steroid dienone is 1. The van der Waals surface area contributed by atoms with E-state index in [1.165, 1.54) is 13.8 Å². The van der Waals surface area contributed by atoms with Crippen molar-refractivity contribution < 1.29 is 19.1 Å². The topological polar surface area (TPSA) is 52.6 Å². The molecule has 0 heterocycles. The van der Waals surface area contributed by atoms with Gasteiger partial charge < -0.3 is 9.47 Å². The van der Waals surface area contributed by atoms with Gasteiger partial charge in [0.15, 0.2) is 0 Å². The summed E-state index contributed by atoms with van der Waals surface area (Å²) >= 11 is 0. The van der Waals surface area contributed by atoms with Crippen molar-refractivity contribution in [3.05, 3.63) is 35.4 Å². The predicted molar refractivity (Wildman–Crippen MR) is 67.9 cm³/mol. The Balaban J connectivity index is 3.11. The molecular weight excluding hydrogens is 232 g/mol. The third-order valence-corrected chi connectivity index (χ3v) is 2.19. The Hall–Kier alpha value is -2.10. The molecule has 1 aromatic rings. The zero-order valence-electron chi connectivity index (χ0n) is 10.7. The molecule has 0 amide bonds. The molecule has 0 aliphatic heterocycles. The van der Waals surface area contributed by atoms with Crippen LogP contribution in [0.3, 0.4) is 0 Å². The van der Waals surface area contributed by atoms with E-state index in [9.17, 15) is 9.59 Å². The molecule has 96 valence electrons. The van der Waals surface area contributed by atoms with Gasteiger partial charge in [0.2, 0.25) is 0 Å². The SMILES string of the molecule is C/C=C/c1cccc(OC(C)=O)c1COC(C)=O. The van der Waals surface area contributed by atoms with Crippen molar-refractivity contribution in [2.75, 3.05) is 0 Å². The maximum absolute atomic E-state index is 11.0. The van der Waals surface area contributed by atoms with Gasteiger partial charge in [-0.15, -0.1) is 0 Å². The number of carbonyl (C=O) groups is 2. The summed E-state index contributed by atoms with van der Waals surface area (Å²) in [6.45, 7) is 4.63. The third kappa shape index (κ3) is 4.05. The molecule has 4 heteroatoms. The molecule has 0 radical (unpaired) electrons. The standard InChI is InChI=1S/C14H16O4/c1-4-6-12-7-5-8-14(18-11(3)16)13(12)9-17-10(2)15/h4-8H,9H2,1-3H3/b6-4+. The Morgan fingerprint density at radius 1 is 1.22 bits per heavy atom. The summed E-state index contributed by atoms with van der Waals surface area (Å²) in [5.74, 6) is -0.366. The Bertz CT molecular complexity index is 475. The third-order valence-electron chi connectivity index (χ3n) is 2.19. The van der Waals surface area contributed by atoms with Gasteiger partial charge in [-0.3, -0.25) is 9.59 Å². The smallest absolute Gasteiger partial charge is 0.308 e. The van der Waals surface area contributed by atoms with Gasteiger partial charge >= 0.3 is 11.9 Å². The lowest BCUT2D eigenvalue weighted by atomic mass is 10.1. The van der Waals surface area contributed by atoms with Crippen molar-refractivity contribution in [2.45, 2.75) is 27.4 Å². The quantitative estimate of drug-likeness (QED) is 0.607. The van der Waals surface area contributed by atoms with E-state index in [0.29, 0.717) is 11.3 Å². The van der Waals surface area contributed by atoms with Crippen molar-refractivity contribution in [2.24, 2.45) is 0 Å². The molecule has 4 nitrogen and oxygen atoms in total. The summed E-state index contributed by atoms with van der Waals surface area (Å²) < 4.78 is 10.1. The van der Waals surface area contributed by atoms with Gasteiger partial charge in [-0.2, -0.15) is 0 Å². The van der Waals surface area contributed by atoms with Crippen LogP contribution in [0.2, 0.25) is 0 Å². The summed E-state index contributed by atoms with van der Waals surface area (Å²) in [5, 5.41) is 0. The molecule has 0 atom stereocenters. The van der Waals surface area contributed by atoms with E-state index in [-0.39, 0.29) is 12.6 Å². The summed E-state index contributed by atoms with van der Waals surface area (Å²) in [7, 11) is 0. The Morgan fingerprint density at radius 2 is 1.94 bits per heavy atom. The second-order valence-corrected chi connectivity index (χ2v) is 3.70. The van der Waals surface area contributed by atoms with Crippen LogP contribution in [-0.2, 0) is 20.9 Å². The molecule has 0 spiro atoms. The second-order valence-electron chi connectivity index (χ2n) is 3.70. The predicted octanol–water partition coefficient (Wildman–Crippen LogP) is 2.71. The van der Waals surface area contributed by atoms with Crippen LogP contribution in [0.15, 0.2) is 24.3 Å². The van der Waals surface area contributed by atoms with Gasteiger partial charge in [-0.1, -0.05) is 24.3 Å². The normalized spacial score (nSPS) is 10.4. The number of hydrogen-bond donors (Lipinski definition) is 0. The van der Waals surface area contributed by atoms with E-state index in [4.69, 9.17) is 9.47 Å². The Labute approximate surface area is 106 Å². The highest BCUT2D eigenvalue weighted by molar-refractivity contribution is 5.71. The number of carbonyl (C=O) groups excluding carboxylic acids is 2. The number of hydrogen-bond acceptors (Lipinski definition) is 4. The average molecular weight is 248 g/mol. The van der Waals surface area contributed by atoms with Crippen LogP contribution in [0.4, 0.5) is 0 Å². The molecule has 1 rings (SSSR count). The monoisotopic (exact) mass is 248 g/mol. The van der Waals surface area contributed by atoms with Crippen molar-refractivity contribution in [3.8, 4) is 5.75 Å². The first-order valence-electron chi connectivity index (χ1n) is 5.61. The number of esters is 2. The van der Waals surface area contributed by atoms with Crippen LogP contribution in [-0.4, -0.2) is 11.9 Å². The second kappa shape index (κ2) is 6.59. The molecule has 0 aliphatic carbocycles. The largest absolute Gasteiger partial charge is 0.461 e.